The Hall–Kier alpha value is -1.16. The minimum atomic E-state index is -0.0369. The summed E-state index contributed by atoms with van der Waals surface area (Å²) in [5.41, 5.74) is 6.12. The number of nitrogens with one attached hydrogen (secondary N) is 1. The van der Waals surface area contributed by atoms with Crippen LogP contribution in [-0.2, 0) is 0 Å². The van der Waals surface area contributed by atoms with E-state index in [9.17, 15) is 0 Å². The highest BCUT2D eigenvalue weighted by molar-refractivity contribution is 7.99. The van der Waals surface area contributed by atoms with E-state index in [0.717, 1.165) is 9.79 Å². The van der Waals surface area contributed by atoms with Crippen molar-refractivity contribution in [1.29, 1.82) is 5.41 Å². The summed E-state index contributed by atoms with van der Waals surface area (Å²) in [7, 11) is 0. The van der Waals surface area contributed by atoms with Crippen LogP contribution >= 0.6 is 35.0 Å². The Kier molecular flexibility index (Phi) is 4.17. The lowest BCUT2D eigenvalue weighted by Crippen LogP contribution is -2.12. The van der Waals surface area contributed by atoms with Gasteiger partial charge in [0.25, 0.3) is 0 Å². The summed E-state index contributed by atoms with van der Waals surface area (Å²) in [6.07, 6.45) is 0. The van der Waals surface area contributed by atoms with Crippen LogP contribution in [0.25, 0.3) is 0 Å². The van der Waals surface area contributed by atoms with Gasteiger partial charge >= 0.3 is 0 Å². The van der Waals surface area contributed by atoms with Crippen LogP contribution in [0.1, 0.15) is 5.56 Å². The number of hydrogen-bond donors (Lipinski definition) is 2. The minimum absolute atomic E-state index is 0.0369. The van der Waals surface area contributed by atoms with Gasteiger partial charge in [-0.2, -0.15) is 0 Å². The SMILES string of the molecule is N=C(N)c1c(Cl)cccc1Sc1cccc(Cl)c1. The third-order valence-electron chi connectivity index (χ3n) is 2.27. The molecular formula is C13H10Cl2N2S. The minimum Gasteiger partial charge on any atom is -0.384 e. The zero-order valence-electron chi connectivity index (χ0n) is 9.28. The van der Waals surface area contributed by atoms with Gasteiger partial charge in [-0.3, -0.25) is 5.41 Å². The van der Waals surface area contributed by atoms with Gasteiger partial charge in [0.15, 0.2) is 0 Å². The van der Waals surface area contributed by atoms with Gasteiger partial charge in [0, 0.05) is 20.4 Å². The highest BCUT2D eigenvalue weighted by Crippen LogP contribution is 2.34. The molecule has 0 atom stereocenters. The summed E-state index contributed by atoms with van der Waals surface area (Å²) in [5, 5.41) is 8.73. The van der Waals surface area contributed by atoms with Crippen LogP contribution in [0.2, 0.25) is 10.0 Å². The van der Waals surface area contributed by atoms with Gasteiger partial charge in [0.1, 0.15) is 5.84 Å². The van der Waals surface area contributed by atoms with Crippen LogP contribution in [0.3, 0.4) is 0 Å². The van der Waals surface area contributed by atoms with Crippen LogP contribution in [0.4, 0.5) is 0 Å². The molecular weight excluding hydrogens is 287 g/mol. The summed E-state index contributed by atoms with van der Waals surface area (Å²) in [5.74, 6) is -0.0369. The van der Waals surface area contributed by atoms with E-state index in [1.165, 1.54) is 11.8 Å². The second-order valence-electron chi connectivity index (χ2n) is 3.59. The molecule has 0 heterocycles. The topological polar surface area (TPSA) is 49.9 Å². The molecule has 0 aliphatic carbocycles. The molecule has 92 valence electrons. The molecule has 0 amide bonds. The first-order valence-electron chi connectivity index (χ1n) is 5.14. The molecule has 0 fully saturated rings. The zero-order valence-corrected chi connectivity index (χ0v) is 11.6. The van der Waals surface area contributed by atoms with Gasteiger partial charge in [0.2, 0.25) is 0 Å². The number of nitrogens with two attached hydrogens (primary N) is 1. The number of amidine groups is 1. The lowest BCUT2D eigenvalue weighted by molar-refractivity contribution is 1.33. The summed E-state index contributed by atoms with van der Waals surface area (Å²) < 4.78 is 0. The van der Waals surface area contributed by atoms with Crippen molar-refractivity contribution >= 4 is 40.8 Å². The van der Waals surface area contributed by atoms with Crippen LogP contribution in [0.15, 0.2) is 52.3 Å². The molecule has 2 rings (SSSR count). The van der Waals surface area contributed by atoms with E-state index < -0.39 is 0 Å². The van der Waals surface area contributed by atoms with Gasteiger partial charge in [-0.1, -0.05) is 47.1 Å². The largest absolute Gasteiger partial charge is 0.384 e. The standard InChI is InChI=1S/C13H10Cl2N2S/c14-8-3-1-4-9(7-8)18-11-6-2-5-10(15)12(11)13(16)17/h1-7H,(H3,16,17). The first kappa shape index (κ1) is 13.3. The molecule has 0 bridgehead atoms. The zero-order chi connectivity index (χ0) is 13.1. The van der Waals surface area contributed by atoms with Crippen LogP contribution in [-0.4, -0.2) is 5.84 Å². The Morgan fingerprint density at radius 3 is 2.50 bits per heavy atom. The molecule has 2 aromatic carbocycles. The number of rotatable bonds is 3. The molecule has 0 unspecified atom stereocenters. The third-order valence-corrected chi connectivity index (χ3v) is 3.87. The maximum atomic E-state index is 7.58. The van der Waals surface area contributed by atoms with Crippen molar-refractivity contribution in [2.24, 2.45) is 5.73 Å². The normalized spacial score (nSPS) is 10.3. The van der Waals surface area contributed by atoms with Crippen molar-refractivity contribution < 1.29 is 0 Å². The number of hydrogen-bond acceptors (Lipinski definition) is 2. The first-order valence-corrected chi connectivity index (χ1v) is 6.71. The maximum absolute atomic E-state index is 7.58. The summed E-state index contributed by atoms with van der Waals surface area (Å²) >= 11 is 13.5. The summed E-state index contributed by atoms with van der Waals surface area (Å²) in [4.78, 5) is 1.82. The van der Waals surface area contributed by atoms with E-state index in [4.69, 9.17) is 34.3 Å². The fourth-order valence-electron chi connectivity index (χ4n) is 1.51. The van der Waals surface area contributed by atoms with Crippen molar-refractivity contribution in [2.45, 2.75) is 9.79 Å². The van der Waals surface area contributed by atoms with E-state index in [0.29, 0.717) is 15.6 Å². The average molecular weight is 297 g/mol. The lowest BCUT2D eigenvalue weighted by atomic mass is 10.2. The van der Waals surface area contributed by atoms with E-state index in [1.807, 2.05) is 36.4 Å². The van der Waals surface area contributed by atoms with Crippen molar-refractivity contribution in [2.75, 3.05) is 0 Å². The Morgan fingerprint density at radius 2 is 1.83 bits per heavy atom. The fraction of sp³-hybridized carbons (Fsp3) is 0. The molecule has 0 aliphatic rings. The van der Waals surface area contributed by atoms with Crippen molar-refractivity contribution in [1.82, 2.24) is 0 Å². The number of halogens is 2. The molecule has 0 spiro atoms. The van der Waals surface area contributed by atoms with E-state index in [-0.39, 0.29) is 5.84 Å². The highest BCUT2D eigenvalue weighted by atomic mass is 35.5. The summed E-state index contributed by atoms with van der Waals surface area (Å²) in [6, 6.07) is 12.9. The Balaban J connectivity index is 2.40. The van der Waals surface area contributed by atoms with Gasteiger partial charge in [-0.05, 0) is 30.3 Å². The monoisotopic (exact) mass is 296 g/mol. The van der Waals surface area contributed by atoms with Crippen LogP contribution in [0.5, 0.6) is 0 Å². The predicted octanol–water partition coefficient (Wildman–Crippen LogP) is 4.43. The Bertz CT molecular complexity index is 599. The second-order valence-corrected chi connectivity index (χ2v) is 5.55. The van der Waals surface area contributed by atoms with Crippen molar-refractivity contribution in [3.8, 4) is 0 Å². The molecule has 0 aliphatic heterocycles. The molecule has 2 aromatic rings. The molecule has 5 heteroatoms. The molecule has 0 aromatic heterocycles. The van der Waals surface area contributed by atoms with E-state index in [1.54, 1.807) is 6.07 Å². The number of nitrogen functional groups attached to an aromatic ring is 1. The van der Waals surface area contributed by atoms with Gasteiger partial charge in [-0.25, -0.2) is 0 Å². The van der Waals surface area contributed by atoms with E-state index in [2.05, 4.69) is 0 Å². The molecule has 3 N–H and O–H groups in total. The predicted molar refractivity (Wildman–Crippen MR) is 78.0 cm³/mol. The lowest BCUT2D eigenvalue weighted by Gasteiger charge is -2.09. The average Bonchev–Trinajstić information content (AvgIpc) is 2.28. The molecule has 2 nitrogen and oxygen atoms in total. The second kappa shape index (κ2) is 5.65. The third kappa shape index (κ3) is 2.99. The quantitative estimate of drug-likeness (QED) is 0.650. The van der Waals surface area contributed by atoms with Crippen LogP contribution in [0, 0.1) is 5.41 Å². The highest BCUT2D eigenvalue weighted by Gasteiger charge is 2.11. The smallest absolute Gasteiger partial charge is 0.125 e. The first-order chi connectivity index (χ1) is 8.58. The molecule has 18 heavy (non-hydrogen) atoms. The number of benzene rings is 2. The van der Waals surface area contributed by atoms with Crippen LogP contribution < -0.4 is 5.73 Å². The van der Waals surface area contributed by atoms with Crippen molar-refractivity contribution in [3.05, 3.63) is 58.1 Å². The van der Waals surface area contributed by atoms with Gasteiger partial charge in [-0.15, -0.1) is 0 Å². The van der Waals surface area contributed by atoms with Gasteiger partial charge < -0.3 is 5.73 Å². The maximum Gasteiger partial charge on any atom is 0.125 e. The summed E-state index contributed by atoms with van der Waals surface area (Å²) in [6.45, 7) is 0. The molecule has 0 saturated carbocycles. The molecule has 0 saturated heterocycles. The van der Waals surface area contributed by atoms with Crippen molar-refractivity contribution in [3.63, 3.8) is 0 Å². The Labute approximate surface area is 120 Å². The Morgan fingerprint density at radius 1 is 1.11 bits per heavy atom. The van der Waals surface area contributed by atoms with E-state index >= 15 is 0 Å². The van der Waals surface area contributed by atoms with Gasteiger partial charge in [0.05, 0.1) is 5.02 Å². The fourth-order valence-corrected chi connectivity index (χ4v) is 3.15. The molecule has 0 radical (unpaired) electrons.